The van der Waals surface area contributed by atoms with Gasteiger partial charge in [0.05, 0.1) is 12.8 Å². The Balaban J connectivity index is 2.17. The molecular weight excluding hydrogens is 308 g/mol. The molecule has 4 nitrogen and oxygen atoms in total. The molecule has 1 saturated heterocycles. The van der Waals surface area contributed by atoms with E-state index in [1.54, 1.807) is 13.3 Å². The molecule has 1 aliphatic heterocycles. The number of amides is 1. The van der Waals surface area contributed by atoms with Crippen LogP contribution in [0.15, 0.2) is 30.5 Å². The van der Waals surface area contributed by atoms with E-state index in [-0.39, 0.29) is 10.7 Å². The number of ether oxygens (including phenoxy) is 1. The monoisotopic (exact) mass is 320 g/mol. The molecule has 1 aromatic carbocycles. The number of hydrogen-bond donors (Lipinski definition) is 0. The van der Waals surface area contributed by atoms with E-state index in [1.807, 2.05) is 29.2 Å². The summed E-state index contributed by atoms with van der Waals surface area (Å²) >= 11 is 3.51. The molecule has 98 valence electrons. The number of rotatable bonds is 2. The second-order valence-corrected chi connectivity index (χ2v) is 5.79. The Bertz CT molecular complexity index is 644. The zero-order chi connectivity index (χ0) is 13.4. The van der Waals surface area contributed by atoms with Crippen LogP contribution in [0, 0.1) is 0 Å². The Hall–Kier alpha value is -1.62. The van der Waals surface area contributed by atoms with E-state index in [9.17, 15) is 4.79 Å². The van der Waals surface area contributed by atoms with Gasteiger partial charge in [0.1, 0.15) is 11.3 Å². The van der Waals surface area contributed by atoms with Crippen LogP contribution in [0.4, 0.5) is 5.69 Å². The zero-order valence-electron chi connectivity index (χ0n) is 10.5. The van der Waals surface area contributed by atoms with Gasteiger partial charge in [-0.1, -0.05) is 15.9 Å². The van der Waals surface area contributed by atoms with Gasteiger partial charge in [0.15, 0.2) is 0 Å². The first-order valence-electron chi connectivity index (χ1n) is 6.07. The fourth-order valence-electron chi connectivity index (χ4n) is 2.43. The van der Waals surface area contributed by atoms with Crippen molar-refractivity contribution in [1.29, 1.82) is 0 Å². The summed E-state index contributed by atoms with van der Waals surface area (Å²) in [5.74, 6) is 0.860. The molecule has 1 unspecified atom stereocenters. The third-order valence-electron chi connectivity index (χ3n) is 3.30. The lowest BCUT2D eigenvalue weighted by Crippen LogP contribution is -2.24. The van der Waals surface area contributed by atoms with E-state index in [0.29, 0.717) is 13.0 Å². The van der Waals surface area contributed by atoms with E-state index in [2.05, 4.69) is 20.9 Å². The average molecular weight is 321 g/mol. The molecule has 19 heavy (non-hydrogen) atoms. The van der Waals surface area contributed by atoms with E-state index >= 15 is 0 Å². The minimum Gasteiger partial charge on any atom is -0.494 e. The van der Waals surface area contributed by atoms with Gasteiger partial charge in [0, 0.05) is 29.4 Å². The number of nitrogens with zero attached hydrogens (tertiary/aromatic N) is 2. The van der Waals surface area contributed by atoms with Crippen LogP contribution in [-0.4, -0.2) is 29.4 Å². The summed E-state index contributed by atoms with van der Waals surface area (Å²) < 4.78 is 5.32. The van der Waals surface area contributed by atoms with Crippen LogP contribution in [0.5, 0.6) is 5.75 Å². The van der Waals surface area contributed by atoms with Crippen LogP contribution < -0.4 is 9.64 Å². The first-order valence-corrected chi connectivity index (χ1v) is 6.98. The van der Waals surface area contributed by atoms with Crippen molar-refractivity contribution >= 4 is 38.4 Å². The van der Waals surface area contributed by atoms with E-state index in [1.165, 1.54) is 0 Å². The van der Waals surface area contributed by atoms with Crippen LogP contribution in [0.1, 0.15) is 6.42 Å². The number of alkyl halides is 1. The Labute approximate surface area is 119 Å². The molecule has 2 aromatic rings. The van der Waals surface area contributed by atoms with Crippen molar-refractivity contribution in [2.75, 3.05) is 18.6 Å². The SMILES string of the molecule is COc1ccc(N2CC(Br)CC2=O)c2cccnc12. The predicted octanol–water partition coefficient (Wildman–Crippen LogP) is 2.74. The number of carbonyl (C=O) groups excluding carboxylic acids is 1. The maximum absolute atomic E-state index is 12.0. The number of fused-ring (bicyclic) bond motifs is 1. The lowest BCUT2D eigenvalue weighted by Gasteiger charge is -2.19. The number of pyridine rings is 1. The first-order chi connectivity index (χ1) is 9.20. The minimum absolute atomic E-state index is 0.136. The number of halogens is 1. The van der Waals surface area contributed by atoms with Gasteiger partial charge in [-0.25, -0.2) is 0 Å². The van der Waals surface area contributed by atoms with E-state index in [4.69, 9.17) is 4.74 Å². The summed E-state index contributed by atoms with van der Waals surface area (Å²) in [5.41, 5.74) is 1.68. The standard InChI is InChI=1S/C14H13BrN2O2/c1-19-12-5-4-11(10-3-2-6-16-14(10)12)17-8-9(15)7-13(17)18/h2-6,9H,7-8H2,1H3. The molecule has 3 rings (SSSR count). The molecule has 1 amide bonds. The number of methoxy groups -OCH3 is 1. The number of aromatic nitrogens is 1. The van der Waals surface area contributed by atoms with Crippen LogP contribution in [0.2, 0.25) is 0 Å². The second-order valence-electron chi connectivity index (χ2n) is 4.49. The number of anilines is 1. The number of hydrogen-bond acceptors (Lipinski definition) is 3. The molecule has 1 aromatic heterocycles. The molecule has 1 aliphatic rings. The Morgan fingerprint density at radius 1 is 1.42 bits per heavy atom. The summed E-state index contributed by atoms with van der Waals surface area (Å²) in [6, 6.07) is 7.62. The molecule has 1 fully saturated rings. The third kappa shape index (κ3) is 2.08. The lowest BCUT2D eigenvalue weighted by molar-refractivity contribution is -0.117. The Morgan fingerprint density at radius 2 is 2.26 bits per heavy atom. The fraction of sp³-hybridized carbons (Fsp3) is 0.286. The largest absolute Gasteiger partial charge is 0.494 e. The summed E-state index contributed by atoms with van der Waals surface area (Å²) in [6.45, 7) is 0.690. The van der Waals surface area contributed by atoms with Gasteiger partial charge in [-0.15, -0.1) is 0 Å². The van der Waals surface area contributed by atoms with Crippen molar-refractivity contribution < 1.29 is 9.53 Å². The Morgan fingerprint density at radius 3 is 2.95 bits per heavy atom. The number of benzene rings is 1. The normalized spacial score (nSPS) is 19.2. The van der Waals surface area contributed by atoms with Crippen LogP contribution in [-0.2, 0) is 4.79 Å². The maximum Gasteiger partial charge on any atom is 0.228 e. The van der Waals surface area contributed by atoms with Crippen molar-refractivity contribution in [2.24, 2.45) is 0 Å². The van der Waals surface area contributed by atoms with Crippen molar-refractivity contribution in [1.82, 2.24) is 4.98 Å². The lowest BCUT2D eigenvalue weighted by atomic mass is 10.1. The van der Waals surface area contributed by atoms with Gasteiger partial charge in [0.25, 0.3) is 0 Å². The number of carbonyl (C=O) groups is 1. The fourth-order valence-corrected chi connectivity index (χ4v) is 3.00. The zero-order valence-corrected chi connectivity index (χ0v) is 12.1. The molecule has 2 heterocycles. The summed E-state index contributed by atoms with van der Waals surface area (Å²) in [7, 11) is 1.62. The highest BCUT2D eigenvalue weighted by Crippen LogP contribution is 2.35. The molecular formula is C14H13BrN2O2. The van der Waals surface area contributed by atoms with Gasteiger partial charge in [-0.05, 0) is 24.3 Å². The molecule has 0 bridgehead atoms. The minimum atomic E-state index is 0.136. The highest BCUT2D eigenvalue weighted by Gasteiger charge is 2.30. The highest BCUT2D eigenvalue weighted by atomic mass is 79.9. The Kier molecular flexibility index (Phi) is 3.14. The summed E-state index contributed by atoms with van der Waals surface area (Å²) in [5, 5.41) is 0.941. The van der Waals surface area contributed by atoms with Crippen molar-refractivity contribution in [3.8, 4) is 5.75 Å². The summed E-state index contributed by atoms with van der Waals surface area (Å²) in [6.07, 6.45) is 2.27. The first kappa shape index (κ1) is 12.4. The average Bonchev–Trinajstić information content (AvgIpc) is 2.76. The third-order valence-corrected chi connectivity index (χ3v) is 3.91. The molecule has 5 heteroatoms. The molecule has 1 atom stereocenters. The summed E-state index contributed by atoms with van der Waals surface area (Å²) in [4.78, 5) is 18.4. The molecule has 0 saturated carbocycles. The molecule has 0 aliphatic carbocycles. The molecule has 0 N–H and O–H groups in total. The van der Waals surface area contributed by atoms with Crippen LogP contribution >= 0.6 is 15.9 Å². The smallest absolute Gasteiger partial charge is 0.228 e. The molecule has 0 radical (unpaired) electrons. The van der Waals surface area contributed by atoms with Crippen LogP contribution in [0.25, 0.3) is 10.9 Å². The van der Waals surface area contributed by atoms with E-state index < -0.39 is 0 Å². The van der Waals surface area contributed by atoms with Crippen molar-refractivity contribution in [3.63, 3.8) is 0 Å². The van der Waals surface area contributed by atoms with Crippen molar-refractivity contribution in [3.05, 3.63) is 30.5 Å². The van der Waals surface area contributed by atoms with Gasteiger partial charge < -0.3 is 9.64 Å². The molecule has 0 spiro atoms. The van der Waals surface area contributed by atoms with Gasteiger partial charge in [-0.2, -0.15) is 0 Å². The maximum atomic E-state index is 12.0. The van der Waals surface area contributed by atoms with Gasteiger partial charge in [-0.3, -0.25) is 9.78 Å². The van der Waals surface area contributed by atoms with Crippen LogP contribution in [0.3, 0.4) is 0 Å². The van der Waals surface area contributed by atoms with E-state index in [0.717, 1.165) is 22.3 Å². The second kappa shape index (κ2) is 4.81. The van der Waals surface area contributed by atoms with Crippen molar-refractivity contribution in [2.45, 2.75) is 11.2 Å². The predicted molar refractivity (Wildman–Crippen MR) is 78.0 cm³/mol. The van der Waals surface area contributed by atoms with Gasteiger partial charge >= 0.3 is 0 Å². The highest BCUT2D eigenvalue weighted by molar-refractivity contribution is 9.09. The van der Waals surface area contributed by atoms with Gasteiger partial charge in [0.2, 0.25) is 5.91 Å². The quantitative estimate of drug-likeness (QED) is 0.799. The topological polar surface area (TPSA) is 42.4 Å².